The molecule has 26 heavy (non-hydrogen) atoms. The highest BCUT2D eigenvalue weighted by atomic mass is 19.4. The van der Waals surface area contributed by atoms with E-state index >= 15 is 0 Å². The Morgan fingerprint density at radius 1 is 1.12 bits per heavy atom. The highest BCUT2D eigenvalue weighted by molar-refractivity contribution is 5.94. The van der Waals surface area contributed by atoms with E-state index in [1.807, 2.05) is 0 Å². The van der Waals surface area contributed by atoms with Gasteiger partial charge in [-0.1, -0.05) is 30.3 Å². The number of nitrogens with one attached hydrogen (secondary N) is 1. The summed E-state index contributed by atoms with van der Waals surface area (Å²) in [5, 5.41) is 5.97. The average molecular weight is 361 g/mol. The molecule has 1 N–H and O–H groups in total. The minimum absolute atomic E-state index is 0.000251. The Kier molecular flexibility index (Phi) is 4.45. The van der Waals surface area contributed by atoms with Crippen LogP contribution in [0.25, 0.3) is 5.82 Å². The molecular weight excluding hydrogens is 347 g/mol. The summed E-state index contributed by atoms with van der Waals surface area (Å²) in [4.78, 5) is 20.2. The van der Waals surface area contributed by atoms with Crippen LogP contribution in [0, 0.1) is 0 Å². The van der Waals surface area contributed by atoms with Gasteiger partial charge in [0.1, 0.15) is 12.7 Å². The van der Waals surface area contributed by atoms with E-state index in [0.29, 0.717) is 5.82 Å². The minimum atomic E-state index is -4.68. The van der Waals surface area contributed by atoms with Crippen LogP contribution in [0.15, 0.2) is 61.3 Å². The fourth-order valence-corrected chi connectivity index (χ4v) is 2.36. The first-order valence-electron chi connectivity index (χ1n) is 7.57. The Morgan fingerprint density at radius 3 is 2.38 bits per heavy atom. The fourth-order valence-electron chi connectivity index (χ4n) is 2.36. The average Bonchev–Trinajstić information content (AvgIpc) is 3.16. The van der Waals surface area contributed by atoms with Gasteiger partial charge in [-0.25, -0.2) is 14.6 Å². The van der Waals surface area contributed by atoms with Gasteiger partial charge in [0.15, 0.2) is 11.4 Å². The van der Waals surface area contributed by atoms with Crippen LogP contribution in [0.3, 0.4) is 0 Å². The van der Waals surface area contributed by atoms with E-state index in [1.165, 1.54) is 59.9 Å². The van der Waals surface area contributed by atoms with Crippen LogP contribution in [-0.2, 0) is 5.54 Å². The van der Waals surface area contributed by atoms with Crippen molar-refractivity contribution in [3.05, 3.63) is 72.4 Å². The number of benzene rings is 1. The molecule has 1 atom stereocenters. The largest absolute Gasteiger partial charge is 0.415 e. The standard InChI is InChI=1S/C17H14F3N5O/c1-16(17(18,19)20,13-5-3-2-4-6-13)24-15(26)12-7-8-14(22-9-12)25-11-21-10-23-25/h2-11H,1H3,(H,24,26). The quantitative estimate of drug-likeness (QED) is 0.776. The van der Waals surface area contributed by atoms with Gasteiger partial charge in [0.2, 0.25) is 0 Å². The summed E-state index contributed by atoms with van der Waals surface area (Å²) in [5.74, 6) is -0.494. The summed E-state index contributed by atoms with van der Waals surface area (Å²) in [6.07, 6.45) is -0.763. The molecule has 0 fully saturated rings. The van der Waals surface area contributed by atoms with E-state index < -0.39 is 17.6 Å². The fraction of sp³-hybridized carbons (Fsp3) is 0.176. The third kappa shape index (κ3) is 3.28. The van der Waals surface area contributed by atoms with E-state index in [9.17, 15) is 18.0 Å². The van der Waals surface area contributed by atoms with Gasteiger partial charge in [-0.05, 0) is 24.6 Å². The van der Waals surface area contributed by atoms with Gasteiger partial charge < -0.3 is 5.32 Å². The maximum atomic E-state index is 13.7. The van der Waals surface area contributed by atoms with Gasteiger partial charge in [-0.15, -0.1) is 0 Å². The predicted molar refractivity (Wildman–Crippen MR) is 86.5 cm³/mol. The molecule has 0 aliphatic heterocycles. The van der Waals surface area contributed by atoms with Gasteiger partial charge >= 0.3 is 6.18 Å². The molecule has 3 rings (SSSR count). The van der Waals surface area contributed by atoms with Gasteiger partial charge in [0.25, 0.3) is 5.91 Å². The second-order valence-electron chi connectivity index (χ2n) is 5.69. The Morgan fingerprint density at radius 2 is 1.85 bits per heavy atom. The number of hydrogen-bond donors (Lipinski definition) is 1. The molecule has 0 spiro atoms. The summed E-state index contributed by atoms with van der Waals surface area (Å²) >= 11 is 0. The lowest BCUT2D eigenvalue weighted by Crippen LogP contribution is -2.53. The maximum Gasteiger partial charge on any atom is 0.415 e. The summed E-state index contributed by atoms with van der Waals surface area (Å²) in [5.41, 5.74) is -2.59. The van der Waals surface area contributed by atoms with Crippen molar-refractivity contribution >= 4 is 5.91 Å². The number of halogens is 3. The summed E-state index contributed by atoms with van der Waals surface area (Å²) in [6, 6.07) is 10.1. The third-order valence-electron chi connectivity index (χ3n) is 3.95. The molecule has 6 nitrogen and oxygen atoms in total. The summed E-state index contributed by atoms with van der Waals surface area (Å²) in [7, 11) is 0. The normalized spacial score (nSPS) is 13.8. The number of amides is 1. The molecule has 1 aromatic carbocycles. The van der Waals surface area contributed by atoms with Gasteiger partial charge in [0, 0.05) is 6.20 Å². The molecule has 0 bridgehead atoms. The Bertz CT molecular complexity index is 879. The number of aromatic nitrogens is 4. The van der Waals surface area contributed by atoms with Crippen molar-refractivity contribution in [2.45, 2.75) is 18.6 Å². The van der Waals surface area contributed by atoms with Crippen molar-refractivity contribution in [3.63, 3.8) is 0 Å². The van der Waals surface area contributed by atoms with Crippen LogP contribution < -0.4 is 5.32 Å². The molecule has 2 aromatic heterocycles. The minimum Gasteiger partial charge on any atom is -0.334 e. The summed E-state index contributed by atoms with van der Waals surface area (Å²) < 4.78 is 42.4. The molecule has 134 valence electrons. The number of pyridine rings is 1. The Balaban J connectivity index is 1.87. The van der Waals surface area contributed by atoms with Crippen LogP contribution in [0.5, 0.6) is 0 Å². The molecule has 0 saturated heterocycles. The number of nitrogens with zero attached hydrogens (tertiary/aromatic N) is 4. The van der Waals surface area contributed by atoms with Crippen LogP contribution in [-0.4, -0.2) is 31.8 Å². The molecule has 0 aliphatic carbocycles. The third-order valence-corrected chi connectivity index (χ3v) is 3.95. The smallest absolute Gasteiger partial charge is 0.334 e. The molecule has 0 aliphatic rings. The number of rotatable bonds is 4. The maximum absolute atomic E-state index is 13.7. The van der Waals surface area contributed by atoms with E-state index in [0.717, 1.165) is 6.92 Å². The van der Waals surface area contributed by atoms with Gasteiger partial charge in [0.05, 0.1) is 5.56 Å². The zero-order chi connectivity index (χ0) is 18.8. The van der Waals surface area contributed by atoms with Crippen LogP contribution in [0.1, 0.15) is 22.8 Å². The van der Waals surface area contributed by atoms with Gasteiger partial charge in [-0.2, -0.15) is 18.3 Å². The number of hydrogen-bond acceptors (Lipinski definition) is 4. The molecule has 0 saturated carbocycles. The van der Waals surface area contributed by atoms with Crippen LogP contribution >= 0.6 is 0 Å². The molecule has 2 heterocycles. The predicted octanol–water partition coefficient (Wildman–Crippen LogP) is 2.87. The second kappa shape index (κ2) is 6.58. The summed E-state index contributed by atoms with van der Waals surface area (Å²) in [6.45, 7) is 0.928. The van der Waals surface area contributed by atoms with E-state index in [1.54, 1.807) is 6.07 Å². The number of carbonyl (C=O) groups is 1. The molecule has 9 heteroatoms. The lowest BCUT2D eigenvalue weighted by molar-refractivity contribution is -0.192. The first-order chi connectivity index (χ1) is 12.3. The van der Waals surface area contributed by atoms with Crippen molar-refractivity contribution in [2.75, 3.05) is 0 Å². The Hall–Kier alpha value is -3.23. The first kappa shape index (κ1) is 17.6. The van der Waals surface area contributed by atoms with Gasteiger partial charge in [-0.3, -0.25) is 4.79 Å². The monoisotopic (exact) mass is 361 g/mol. The number of carbonyl (C=O) groups excluding carboxylic acids is 1. The highest BCUT2D eigenvalue weighted by Gasteiger charge is 2.53. The molecular formula is C17H14F3N5O. The lowest BCUT2D eigenvalue weighted by atomic mass is 9.91. The molecule has 0 radical (unpaired) electrons. The van der Waals surface area contributed by atoms with Crippen LogP contribution in [0.2, 0.25) is 0 Å². The zero-order valence-electron chi connectivity index (χ0n) is 13.6. The molecule has 1 unspecified atom stereocenters. The number of alkyl halides is 3. The first-order valence-corrected chi connectivity index (χ1v) is 7.57. The van der Waals surface area contributed by atoms with Crippen molar-refractivity contribution in [3.8, 4) is 5.82 Å². The highest BCUT2D eigenvalue weighted by Crippen LogP contribution is 2.38. The molecule has 1 amide bonds. The van der Waals surface area contributed by atoms with Crippen molar-refractivity contribution < 1.29 is 18.0 Å². The Labute approximate surface area is 146 Å². The SMILES string of the molecule is CC(NC(=O)c1ccc(-n2cncn2)nc1)(c1ccccc1)C(F)(F)F. The van der Waals surface area contributed by atoms with Crippen molar-refractivity contribution in [1.29, 1.82) is 0 Å². The van der Waals surface area contributed by atoms with Crippen molar-refractivity contribution in [2.24, 2.45) is 0 Å². The lowest BCUT2D eigenvalue weighted by Gasteiger charge is -2.33. The van der Waals surface area contributed by atoms with E-state index in [-0.39, 0.29) is 11.1 Å². The van der Waals surface area contributed by atoms with Crippen LogP contribution in [0.4, 0.5) is 13.2 Å². The second-order valence-corrected chi connectivity index (χ2v) is 5.69. The van der Waals surface area contributed by atoms with Crippen molar-refractivity contribution in [1.82, 2.24) is 25.1 Å². The molecule has 3 aromatic rings. The topological polar surface area (TPSA) is 72.7 Å². The zero-order valence-corrected chi connectivity index (χ0v) is 13.6. The van der Waals surface area contributed by atoms with E-state index in [2.05, 4.69) is 20.4 Å². The van der Waals surface area contributed by atoms with E-state index in [4.69, 9.17) is 0 Å².